The standard InChI is InChI=1S/C16H19ClN2O4/c1-20-13-5-3-11(9-12(13)17)4-6-14-18-19-15(23-14)16(21-2)7-8-22-10-16/h3,5,9H,4,6-8,10H2,1-2H3. The summed E-state index contributed by atoms with van der Waals surface area (Å²) in [5.41, 5.74) is 0.482. The summed E-state index contributed by atoms with van der Waals surface area (Å²) in [4.78, 5) is 0. The summed E-state index contributed by atoms with van der Waals surface area (Å²) in [6.45, 7) is 1.08. The Bertz CT molecular complexity index is 668. The molecule has 0 N–H and O–H groups in total. The fraction of sp³-hybridized carbons (Fsp3) is 0.500. The Balaban J connectivity index is 1.66. The lowest BCUT2D eigenvalue weighted by Gasteiger charge is -2.20. The van der Waals surface area contributed by atoms with Gasteiger partial charge in [-0.05, 0) is 24.1 Å². The molecule has 1 fully saturated rings. The van der Waals surface area contributed by atoms with Gasteiger partial charge < -0.3 is 18.6 Å². The summed E-state index contributed by atoms with van der Waals surface area (Å²) < 4.78 is 21.9. The molecular formula is C16H19ClN2O4. The first kappa shape index (κ1) is 16.2. The van der Waals surface area contributed by atoms with Gasteiger partial charge in [-0.2, -0.15) is 0 Å². The van der Waals surface area contributed by atoms with Crippen molar-refractivity contribution in [3.05, 3.63) is 40.6 Å². The Morgan fingerprint density at radius 2 is 2.13 bits per heavy atom. The molecule has 124 valence electrons. The molecule has 6 nitrogen and oxygen atoms in total. The van der Waals surface area contributed by atoms with Crippen LogP contribution in [0.1, 0.15) is 23.8 Å². The first-order valence-electron chi connectivity index (χ1n) is 7.45. The van der Waals surface area contributed by atoms with E-state index in [0.29, 0.717) is 42.2 Å². The van der Waals surface area contributed by atoms with Crippen molar-refractivity contribution >= 4 is 11.6 Å². The largest absolute Gasteiger partial charge is 0.495 e. The van der Waals surface area contributed by atoms with Crippen molar-refractivity contribution in [1.82, 2.24) is 10.2 Å². The van der Waals surface area contributed by atoms with Crippen LogP contribution in [0.5, 0.6) is 5.75 Å². The van der Waals surface area contributed by atoms with Crippen molar-refractivity contribution in [2.24, 2.45) is 0 Å². The molecule has 1 aromatic heterocycles. The highest BCUT2D eigenvalue weighted by atomic mass is 35.5. The van der Waals surface area contributed by atoms with E-state index in [1.54, 1.807) is 14.2 Å². The summed E-state index contributed by atoms with van der Waals surface area (Å²) >= 11 is 6.13. The third-order valence-electron chi connectivity index (χ3n) is 4.08. The zero-order valence-corrected chi connectivity index (χ0v) is 13.9. The second-order valence-corrected chi connectivity index (χ2v) is 5.88. The van der Waals surface area contributed by atoms with Crippen molar-refractivity contribution < 1.29 is 18.6 Å². The smallest absolute Gasteiger partial charge is 0.250 e. The summed E-state index contributed by atoms with van der Waals surface area (Å²) in [6.07, 6.45) is 2.11. The normalized spacial score (nSPS) is 20.8. The van der Waals surface area contributed by atoms with E-state index in [4.69, 9.17) is 30.2 Å². The van der Waals surface area contributed by atoms with Crippen molar-refractivity contribution in [3.63, 3.8) is 0 Å². The van der Waals surface area contributed by atoms with E-state index in [1.807, 2.05) is 18.2 Å². The number of ether oxygens (including phenoxy) is 3. The van der Waals surface area contributed by atoms with E-state index in [2.05, 4.69) is 10.2 Å². The predicted molar refractivity (Wildman–Crippen MR) is 83.8 cm³/mol. The molecule has 1 aliphatic rings. The van der Waals surface area contributed by atoms with Crippen LogP contribution in [0.15, 0.2) is 22.6 Å². The highest BCUT2D eigenvalue weighted by Crippen LogP contribution is 2.33. The maximum absolute atomic E-state index is 6.13. The van der Waals surface area contributed by atoms with Crippen molar-refractivity contribution in [1.29, 1.82) is 0 Å². The maximum atomic E-state index is 6.13. The molecule has 0 radical (unpaired) electrons. The van der Waals surface area contributed by atoms with E-state index in [-0.39, 0.29) is 0 Å². The van der Waals surface area contributed by atoms with Crippen molar-refractivity contribution in [2.75, 3.05) is 27.4 Å². The number of rotatable bonds is 6. The zero-order valence-electron chi connectivity index (χ0n) is 13.2. The molecule has 0 bridgehead atoms. The van der Waals surface area contributed by atoms with Gasteiger partial charge in [-0.15, -0.1) is 10.2 Å². The van der Waals surface area contributed by atoms with Gasteiger partial charge in [-0.25, -0.2) is 0 Å². The van der Waals surface area contributed by atoms with Crippen LogP contribution in [0.4, 0.5) is 0 Å². The van der Waals surface area contributed by atoms with Crippen LogP contribution in [-0.4, -0.2) is 37.6 Å². The molecule has 0 saturated carbocycles. The Kier molecular flexibility index (Phi) is 4.84. The molecule has 1 atom stereocenters. The molecule has 1 aliphatic heterocycles. The second-order valence-electron chi connectivity index (χ2n) is 5.47. The lowest BCUT2D eigenvalue weighted by atomic mass is 10.0. The van der Waals surface area contributed by atoms with Crippen LogP contribution in [0, 0.1) is 0 Å². The van der Waals surface area contributed by atoms with Gasteiger partial charge in [0.05, 0.1) is 25.3 Å². The molecule has 0 aliphatic carbocycles. The lowest BCUT2D eigenvalue weighted by Crippen LogP contribution is -2.29. The Labute approximate surface area is 139 Å². The van der Waals surface area contributed by atoms with Crippen LogP contribution in [0.3, 0.4) is 0 Å². The number of methoxy groups -OCH3 is 2. The number of hydrogen-bond donors (Lipinski definition) is 0. The molecule has 0 spiro atoms. The quantitative estimate of drug-likeness (QED) is 0.807. The second kappa shape index (κ2) is 6.86. The number of hydrogen-bond acceptors (Lipinski definition) is 6. The molecule has 1 unspecified atom stereocenters. The molecule has 2 aromatic rings. The van der Waals surface area contributed by atoms with Gasteiger partial charge in [0, 0.05) is 20.0 Å². The summed E-state index contributed by atoms with van der Waals surface area (Å²) in [7, 11) is 3.23. The topological polar surface area (TPSA) is 66.6 Å². The summed E-state index contributed by atoms with van der Waals surface area (Å²) in [5, 5.41) is 8.84. The summed E-state index contributed by atoms with van der Waals surface area (Å²) in [5.74, 6) is 1.73. The molecule has 3 rings (SSSR count). The van der Waals surface area contributed by atoms with Gasteiger partial charge in [-0.1, -0.05) is 17.7 Å². The molecule has 2 heterocycles. The van der Waals surface area contributed by atoms with Crippen molar-refractivity contribution in [2.45, 2.75) is 24.9 Å². The minimum absolute atomic E-state index is 0.444. The predicted octanol–water partition coefficient (Wildman–Crippen LogP) is 2.78. The number of benzene rings is 1. The molecule has 1 saturated heterocycles. The monoisotopic (exact) mass is 338 g/mol. The first-order chi connectivity index (χ1) is 11.2. The van der Waals surface area contributed by atoms with Gasteiger partial charge in [0.25, 0.3) is 5.89 Å². The third kappa shape index (κ3) is 3.34. The Hall–Kier alpha value is -1.63. The first-order valence-corrected chi connectivity index (χ1v) is 7.83. The van der Waals surface area contributed by atoms with E-state index >= 15 is 0 Å². The highest BCUT2D eigenvalue weighted by Gasteiger charge is 2.42. The average molecular weight is 339 g/mol. The molecule has 0 amide bonds. The maximum Gasteiger partial charge on any atom is 0.250 e. The number of aromatic nitrogens is 2. The third-order valence-corrected chi connectivity index (χ3v) is 4.37. The Morgan fingerprint density at radius 1 is 1.26 bits per heavy atom. The number of nitrogens with zero attached hydrogens (tertiary/aromatic N) is 2. The summed E-state index contributed by atoms with van der Waals surface area (Å²) in [6, 6.07) is 5.72. The minimum Gasteiger partial charge on any atom is -0.495 e. The Morgan fingerprint density at radius 3 is 2.78 bits per heavy atom. The zero-order chi connectivity index (χ0) is 16.3. The minimum atomic E-state index is -0.603. The SMILES string of the molecule is COc1ccc(CCc2nnc(C3(OC)CCOC3)o2)cc1Cl. The van der Waals surface area contributed by atoms with E-state index < -0.39 is 5.60 Å². The van der Waals surface area contributed by atoms with Gasteiger partial charge in [-0.3, -0.25) is 0 Å². The van der Waals surface area contributed by atoms with E-state index in [0.717, 1.165) is 18.4 Å². The average Bonchev–Trinajstić information content (AvgIpc) is 3.23. The number of aryl methyl sites for hydroxylation is 2. The van der Waals surface area contributed by atoms with Crippen LogP contribution >= 0.6 is 11.6 Å². The van der Waals surface area contributed by atoms with Gasteiger partial charge in [0.2, 0.25) is 5.89 Å². The highest BCUT2D eigenvalue weighted by molar-refractivity contribution is 6.32. The molecule has 7 heteroatoms. The molecular weight excluding hydrogens is 320 g/mol. The molecule has 1 aromatic carbocycles. The lowest BCUT2D eigenvalue weighted by molar-refractivity contribution is -0.0416. The van der Waals surface area contributed by atoms with Crippen molar-refractivity contribution in [3.8, 4) is 5.75 Å². The van der Waals surface area contributed by atoms with Gasteiger partial charge >= 0.3 is 0 Å². The van der Waals surface area contributed by atoms with E-state index in [9.17, 15) is 0 Å². The number of halogens is 1. The van der Waals surface area contributed by atoms with Gasteiger partial charge in [0.15, 0.2) is 5.60 Å². The van der Waals surface area contributed by atoms with Gasteiger partial charge in [0.1, 0.15) is 5.75 Å². The fourth-order valence-electron chi connectivity index (χ4n) is 2.62. The van der Waals surface area contributed by atoms with Crippen LogP contribution < -0.4 is 4.74 Å². The van der Waals surface area contributed by atoms with Crippen LogP contribution in [0.25, 0.3) is 0 Å². The fourth-order valence-corrected chi connectivity index (χ4v) is 2.90. The molecule has 23 heavy (non-hydrogen) atoms. The van der Waals surface area contributed by atoms with E-state index in [1.165, 1.54) is 0 Å². The van der Waals surface area contributed by atoms with Crippen LogP contribution in [-0.2, 0) is 27.9 Å². The van der Waals surface area contributed by atoms with Crippen LogP contribution in [0.2, 0.25) is 5.02 Å².